The fourth-order valence-electron chi connectivity index (χ4n) is 1.21. The molecule has 0 aliphatic rings. The van der Waals surface area contributed by atoms with E-state index in [0.717, 1.165) is 10.0 Å². The third kappa shape index (κ3) is 3.04. The maximum Gasteiger partial charge on any atom is 0.0509 e. The molecule has 0 saturated carbocycles. The predicted octanol–water partition coefficient (Wildman–Crippen LogP) is 1.38. The van der Waals surface area contributed by atoms with Crippen molar-refractivity contribution in [3.05, 3.63) is 28.5 Å². The van der Waals surface area contributed by atoms with Crippen molar-refractivity contribution in [2.24, 2.45) is 5.41 Å². The van der Waals surface area contributed by atoms with Crippen LogP contribution in [-0.2, 0) is 6.42 Å². The van der Waals surface area contributed by atoms with E-state index in [2.05, 4.69) is 20.9 Å². The molecular formula is C10H14BrNO2. The van der Waals surface area contributed by atoms with E-state index in [4.69, 9.17) is 10.2 Å². The van der Waals surface area contributed by atoms with Crippen LogP contribution in [0.15, 0.2) is 22.9 Å². The van der Waals surface area contributed by atoms with E-state index in [-0.39, 0.29) is 13.2 Å². The molecule has 0 bridgehead atoms. The number of hydrogen-bond donors (Lipinski definition) is 2. The van der Waals surface area contributed by atoms with Crippen LogP contribution in [0.2, 0.25) is 0 Å². The van der Waals surface area contributed by atoms with Gasteiger partial charge in [-0.25, -0.2) is 0 Å². The Morgan fingerprint density at radius 3 is 2.50 bits per heavy atom. The van der Waals surface area contributed by atoms with Gasteiger partial charge in [0.15, 0.2) is 0 Å². The topological polar surface area (TPSA) is 53.4 Å². The van der Waals surface area contributed by atoms with E-state index in [0.29, 0.717) is 6.42 Å². The lowest BCUT2D eigenvalue weighted by atomic mass is 9.86. The average Bonchev–Trinajstić information content (AvgIpc) is 2.18. The van der Waals surface area contributed by atoms with Crippen molar-refractivity contribution >= 4 is 15.9 Å². The molecule has 1 rings (SSSR count). The largest absolute Gasteiger partial charge is 0.396 e. The standard InChI is InChI=1S/C10H14BrNO2/c1-10(6-13,7-14)3-8-2-9(11)5-12-4-8/h2,4-5,13-14H,3,6-7H2,1H3. The summed E-state index contributed by atoms with van der Waals surface area (Å²) in [5.74, 6) is 0. The molecule has 14 heavy (non-hydrogen) atoms. The molecule has 0 radical (unpaired) electrons. The summed E-state index contributed by atoms with van der Waals surface area (Å²) in [5, 5.41) is 18.2. The Hall–Kier alpha value is -0.450. The Morgan fingerprint density at radius 2 is 2.00 bits per heavy atom. The van der Waals surface area contributed by atoms with Crippen LogP contribution in [0.4, 0.5) is 0 Å². The molecule has 0 aliphatic heterocycles. The van der Waals surface area contributed by atoms with Gasteiger partial charge in [0.2, 0.25) is 0 Å². The Labute approximate surface area is 91.9 Å². The van der Waals surface area contributed by atoms with E-state index in [9.17, 15) is 0 Å². The zero-order valence-electron chi connectivity index (χ0n) is 8.07. The first-order valence-electron chi connectivity index (χ1n) is 4.41. The third-order valence-corrected chi connectivity index (χ3v) is 2.59. The van der Waals surface area contributed by atoms with Gasteiger partial charge in [0.25, 0.3) is 0 Å². The van der Waals surface area contributed by atoms with Crippen LogP contribution >= 0.6 is 15.9 Å². The van der Waals surface area contributed by atoms with Gasteiger partial charge in [0.05, 0.1) is 13.2 Å². The van der Waals surface area contributed by atoms with Gasteiger partial charge in [-0.15, -0.1) is 0 Å². The molecule has 4 heteroatoms. The smallest absolute Gasteiger partial charge is 0.0509 e. The van der Waals surface area contributed by atoms with Gasteiger partial charge in [-0.05, 0) is 34.0 Å². The minimum absolute atomic E-state index is 0.0317. The summed E-state index contributed by atoms with van der Waals surface area (Å²) in [7, 11) is 0. The highest BCUT2D eigenvalue weighted by Crippen LogP contribution is 2.22. The van der Waals surface area contributed by atoms with Gasteiger partial charge < -0.3 is 10.2 Å². The molecule has 0 atom stereocenters. The van der Waals surface area contributed by atoms with Crippen LogP contribution < -0.4 is 0 Å². The summed E-state index contributed by atoms with van der Waals surface area (Å²) in [5.41, 5.74) is 0.535. The molecule has 0 aromatic carbocycles. The van der Waals surface area contributed by atoms with Crippen LogP contribution in [-0.4, -0.2) is 28.4 Å². The lowest BCUT2D eigenvalue weighted by Crippen LogP contribution is -2.28. The molecule has 0 aliphatic carbocycles. The summed E-state index contributed by atoms with van der Waals surface area (Å²) < 4.78 is 0.910. The highest BCUT2D eigenvalue weighted by molar-refractivity contribution is 9.10. The molecule has 1 heterocycles. The Morgan fingerprint density at radius 1 is 1.36 bits per heavy atom. The number of nitrogens with zero attached hydrogens (tertiary/aromatic N) is 1. The monoisotopic (exact) mass is 259 g/mol. The van der Waals surface area contributed by atoms with E-state index in [1.165, 1.54) is 0 Å². The summed E-state index contributed by atoms with van der Waals surface area (Å²) in [4.78, 5) is 4.03. The molecule has 0 saturated heterocycles. The first-order valence-corrected chi connectivity index (χ1v) is 5.20. The quantitative estimate of drug-likeness (QED) is 0.859. The predicted molar refractivity (Wildman–Crippen MR) is 57.9 cm³/mol. The van der Waals surface area contributed by atoms with Crippen molar-refractivity contribution in [1.29, 1.82) is 0 Å². The minimum atomic E-state index is -0.470. The van der Waals surface area contributed by atoms with Crippen LogP contribution in [0.5, 0.6) is 0 Å². The first kappa shape index (κ1) is 11.6. The number of hydrogen-bond acceptors (Lipinski definition) is 3. The summed E-state index contributed by atoms with van der Waals surface area (Å²) in [6.07, 6.45) is 4.07. The number of rotatable bonds is 4. The molecule has 3 nitrogen and oxygen atoms in total. The second-order valence-electron chi connectivity index (χ2n) is 3.82. The molecule has 0 spiro atoms. The second-order valence-corrected chi connectivity index (χ2v) is 4.73. The van der Waals surface area contributed by atoms with Crippen LogP contribution in [0, 0.1) is 5.41 Å². The van der Waals surface area contributed by atoms with Gasteiger partial charge in [-0.3, -0.25) is 4.98 Å². The van der Waals surface area contributed by atoms with Crippen molar-refractivity contribution in [1.82, 2.24) is 4.98 Å². The fourth-order valence-corrected chi connectivity index (χ4v) is 1.62. The summed E-state index contributed by atoms with van der Waals surface area (Å²) in [6, 6.07) is 1.94. The number of aliphatic hydroxyl groups excluding tert-OH is 2. The molecule has 1 aromatic heterocycles. The van der Waals surface area contributed by atoms with Gasteiger partial charge in [0, 0.05) is 22.3 Å². The number of pyridine rings is 1. The van der Waals surface area contributed by atoms with Crippen molar-refractivity contribution < 1.29 is 10.2 Å². The molecule has 78 valence electrons. The highest BCUT2D eigenvalue weighted by Gasteiger charge is 2.22. The summed E-state index contributed by atoms with van der Waals surface area (Å²) in [6.45, 7) is 1.78. The second kappa shape index (κ2) is 4.87. The molecule has 1 aromatic rings. The van der Waals surface area contributed by atoms with Gasteiger partial charge >= 0.3 is 0 Å². The number of aromatic nitrogens is 1. The Kier molecular flexibility index (Phi) is 4.04. The number of aliphatic hydroxyl groups is 2. The first-order chi connectivity index (χ1) is 6.59. The highest BCUT2D eigenvalue weighted by atomic mass is 79.9. The van der Waals surface area contributed by atoms with Gasteiger partial charge in [0.1, 0.15) is 0 Å². The van der Waals surface area contributed by atoms with E-state index in [1.54, 1.807) is 12.4 Å². The van der Waals surface area contributed by atoms with Crippen molar-refractivity contribution in [2.45, 2.75) is 13.3 Å². The van der Waals surface area contributed by atoms with Crippen LogP contribution in [0.25, 0.3) is 0 Å². The van der Waals surface area contributed by atoms with Crippen molar-refractivity contribution in [3.8, 4) is 0 Å². The maximum atomic E-state index is 9.12. The average molecular weight is 260 g/mol. The molecule has 0 amide bonds. The zero-order chi connectivity index (χ0) is 10.6. The van der Waals surface area contributed by atoms with E-state index >= 15 is 0 Å². The zero-order valence-corrected chi connectivity index (χ0v) is 9.66. The maximum absolute atomic E-state index is 9.12. The van der Waals surface area contributed by atoms with Gasteiger partial charge in [-0.1, -0.05) is 6.92 Å². The minimum Gasteiger partial charge on any atom is -0.396 e. The normalized spacial score (nSPS) is 11.7. The summed E-state index contributed by atoms with van der Waals surface area (Å²) >= 11 is 3.33. The molecule has 2 N–H and O–H groups in total. The molecular weight excluding hydrogens is 246 g/mol. The van der Waals surface area contributed by atoms with Crippen molar-refractivity contribution in [2.75, 3.05) is 13.2 Å². The number of halogens is 1. The fraction of sp³-hybridized carbons (Fsp3) is 0.500. The Bertz CT molecular complexity index is 300. The molecule has 0 unspecified atom stereocenters. The van der Waals surface area contributed by atoms with Crippen molar-refractivity contribution in [3.63, 3.8) is 0 Å². The molecule has 0 fully saturated rings. The third-order valence-electron chi connectivity index (χ3n) is 2.16. The van der Waals surface area contributed by atoms with Crippen LogP contribution in [0.1, 0.15) is 12.5 Å². The lowest BCUT2D eigenvalue weighted by molar-refractivity contribution is 0.0703. The SMILES string of the molecule is CC(CO)(CO)Cc1cncc(Br)c1. The Balaban J connectivity index is 2.77. The van der Waals surface area contributed by atoms with Gasteiger partial charge in [-0.2, -0.15) is 0 Å². The van der Waals surface area contributed by atoms with E-state index < -0.39 is 5.41 Å². The van der Waals surface area contributed by atoms with Crippen LogP contribution in [0.3, 0.4) is 0 Å². The van der Waals surface area contributed by atoms with E-state index in [1.807, 2.05) is 13.0 Å². The lowest BCUT2D eigenvalue weighted by Gasteiger charge is -2.24.